The van der Waals surface area contributed by atoms with E-state index >= 15 is 0 Å². The Hall–Kier alpha value is -1.51. The number of nitrogen functional groups attached to an aromatic ring is 1. The molecule has 1 aliphatic carbocycles. The molecule has 0 bridgehead atoms. The summed E-state index contributed by atoms with van der Waals surface area (Å²) in [6.07, 6.45) is 4.63. The Morgan fingerprint density at radius 3 is 2.53 bits per heavy atom. The molecule has 1 aromatic carbocycles. The summed E-state index contributed by atoms with van der Waals surface area (Å²) in [6, 6.07) is 7.48. The summed E-state index contributed by atoms with van der Waals surface area (Å²) in [5, 5.41) is 3.13. The standard InChI is InChI=1S/C16H24N2O/c1-11(2)12-6-8-15(9-7-12)18-16(19)13-4-3-5-14(17)10-13/h3-5,10-12,15H,6-9,17H2,1-2H3,(H,18,19). The van der Waals surface area contributed by atoms with E-state index in [1.807, 2.05) is 12.1 Å². The van der Waals surface area contributed by atoms with Gasteiger partial charge in [-0.2, -0.15) is 0 Å². The second-order valence-corrected chi connectivity index (χ2v) is 5.95. The first-order chi connectivity index (χ1) is 9.06. The van der Waals surface area contributed by atoms with Gasteiger partial charge in [0.25, 0.3) is 5.91 Å². The maximum absolute atomic E-state index is 12.1. The molecule has 0 aliphatic heterocycles. The summed E-state index contributed by atoms with van der Waals surface area (Å²) in [7, 11) is 0. The van der Waals surface area contributed by atoms with Crippen molar-refractivity contribution in [1.82, 2.24) is 5.32 Å². The Balaban J connectivity index is 1.87. The van der Waals surface area contributed by atoms with Crippen LogP contribution in [-0.4, -0.2) is 11.9 Å². The smallest absolute Gasteiger partial charge is 0.251 e. The lowest BCUT2D eigenvalue weighted by Crippen LogP contribution is -2.38. The minimum Gasteiger partial charge on any atom is -0.399 e. The second-order valence-electron chi connectivity index (χ2n) is 5.95. The summed E-state index contributed by atoms with van der Waals surface area (Å²) >= 11 is 0. The SMILES string of the molecule is CC(C)C1CCC(NC(=O)c2cccc(N)c2)CC1. The molecule has 3 N–H and O–H groups in total. The lowest BCUT2D eigenvalue weighted by molar-refractivity contribution is 0.0918. The Morgan fingerprint density at radius 2 is 1.95 bits per heavy atom. The van der Waals surface area contributed by atoms with E-state index in [9.17, 15) is 4.79 Å². The molecule has 1 amide bonds. The van der Waals surface area contributed by atoms with Crippen molar-refractivity contribution in [3.63, 3.8) is 0 Å². The number of benzene rings is 1. The normalized spacial score (nSPS) is 23.3. The van der Waals surface area contributed by atoms with Crippen LogP contribution in [-0.2, 0) is 0 Å². The minimum absolute atomic E-state index is 0.000275. The fourth-order valence-corrected chi connectivity index (χ4v) is 2.88. The largest absolute Gasteiger partial charge is 0.399 e. The summed E-state index contributed by atoms with van der Waals surface area (Å²) in [4.78, 5) is 12.1. The van der Waals surface area contributed by atoms with Gasteiger partial charge in [-0.1, -0.05) is 19.9 Å². The Kier molecular flexibility index (Phi) is 4.46. The maximum atomic E-state index is 12.1. The molecule has 0 radical (unpaired) electrons. The van der Waals surface area contributed by atoms with Gasteiger partial charge in [0.2, 0.25) is 0 Å². The van der Waals surface area contributed by atoms with E-state index < -0.39 is 0 Å². The number of anilines is 1. The summed E-state index contributed by atoms with van der Waals surface area (Å²) in [5.74, 6) is 1.58. The zero-order chi connectivity index (χ0) is 13.8. The zero-order valence-corrected chi connectivity index (χ0v) is 11.9. The molecule has 104 valence electrons. The van der Waals surface area contributed by atoms with E-state index in [0.717, 1.165) is 24.7 Å². The molecule has 1 aliphatic rings. The predicted molar refractivity (Wildman–Crippen MR) is 78.9 cm³/mol. The number of rotatable bonds is 3. The van der Waals surface area contributed by atoms with E-state index in [1.54, 1.807) is 12.1 Å². The molecule has 0 atom stereocenters. The van der Waals surface area contributed by atoms with Crippen molar-refractivity contribution in [2.45, 2.75) is 45.6 Å². The molecule has 0 unspecified atom stereocenters. The molecule has 0 spiro atoms. The number of nitrogens with two attached hydrogens (primary N) is 1. The van der Waals surface area contributed by atoms with Crippen LogP contribution in [0, 0.1) is 11.8 Å². The van der Waals surface area contributed by atoms with Crippen LogP contribution in [0.5, 0.6) is 0 Å². The van der Waals surface area contributed by atoms with Crippen molar-refractivity contribution in [3.05, 3.63) is 29.8 Å². The molecule has 1 saturated carbocycles. The zero-order valence-electron chi connectivity index (χ0n) is 11.9. The lowest BCUT2D eigenvalue weighted by atomic mass is 9.79. The van der Waals surface area contributed by atoms with Crippen LogP contribution < -0.4 is 11.1 Å². The second kappa shape index (κ2) is 6.09. The molecule has 0 aromatic heterocycles. The van der Waals surface area contributed by atoms with Crippen molar-refractivity contribution in [2.24, 2.45) is 11.8 Å². The van der Waals surface area contributed by atoms with E-state index in [0.29, 0.717) is 17.3 Å². The van der Waals surface area contributed by atoms with Crippen molar-refractivity contribution >= 4 is 11.6 Å². The van der Waals surface area contributed by atoms with Gasteiger partial charge in [-0.05, 0) is 55.7 Å². The van der Waals surface area contributed by atoms with Gasteiger partial charge in [0, 0.05) is 17.3 Å². The summed E-state index contributed by atoms with van der Waals surface area (Å²) in [5.41, 5.74) is 6.99. The van der Waals surface area contributed by atoms with Gasteiger partial charge < -0.3 is 11.1 Å². The molecule has 2 rings (SSSR count). The Morgan fingerprint density at radius 1 is 1.26 bits per heavy atom. The van der Waals surface area contributed by atoms with Crippen LogP contribution in [0.25, 0.3) is 0 Å². The molecule has 3 heteroatoms. The highest BCUT2D eigenvalue weighted by Crippen LogP contribution is 2.29. The first kappa shape index (κ1) is 13.9. The highest BCUT2D eigenvalue weighted by molar-refractivity contribution is 5.95. The van der Waals surface area contributed by atoms with Gasteiger partial charge in [0.05, 0.1) is 0 Å². The van der Waals surface area contributed by atoms with Crippen LogP contribution in [0.15, 0.2) is 24.3 Å². The molecular weight excluding hydrogens is 236 g/mol. The molecule has 0 saturated heterocycles. The van der Waals surface area contributed by atoms with Crippen LogP contribution in [0.1, 0.15) is 49.9 Å². The Bertz CT molecular complexity index is 434. The third-order valence-corrected chi connectivity index (χ3v) is 4.20. The van der Waals surface area contributed by atoms with Gasteiger partial charge in [-0.25, -0.2) is 0 Å². The lowest BCUT2D eigenvalue weighted by Gasteiger charge is -2.31. The highest BCUT2D eigenvalue weighted by Gasteiger charge is 2.24. The quantitative estimate of drug-likeness (QED) is 0.820. The first-order valence-electron chi connectivity index (χ1n) is 7.22. The van der Waals surface area contributed by atoms with E-state index in [4.69, 9.17) is 5.73 Å². The molecule has 1 aromatic rings. The molecular formula is C16H24N2O. The monoisotopic (exact) mass is 260 g/mol. The number of carbonyl (C=O) groups is 1. The van der Waals surface area contributed by atoms with Crippen molar-refractivity contribution in [3.8, 4) is 0 Å². The van der Waals surface area contributed by atoms with Gasteiger partial charge in [-0.15, -0.1) is 0 Å². The predicted octanol–water partition coefficient (Wildman–Crippen LogP) is 3.21. The topological polar surface area (TPSA) is 55.1 Å². The van der Waals surface area contributed by atoms with Crippen molar-refractivity contribution in [2.75, 3.05) is 5.73 Å². The average molecular weight is 260 g/mol. The highest BCUT2D eigenvalue weighted by atomic mass is 16.1. The van der Waals surface area contributed by atoms with Crippen LogP contribution >= 0.6 is 0 Å². The summed E-state index contributed by atoms with van der Waals surface area (Å²) < 4.78 is 0. The van der Waals surface area contributed by atoms with Gasteiger partial charge in [0.1, 0.15) is 0 Å². The van der Waals surface area contributed by atoms with Gasteiger partial charge >= 0.3 is 0 Å². The molecule has 3 nitrogen and oxygen atoms in total. The number of hydrogen-bond acceptors (Lipinski definition) is 2. The minimum atomic E-state index is 0.000275. The van der Waals surface area contributed by atoms with Crippen molar-refractivity contribution in [1.29, 1.82) is 0 Å². The van der Waals surface area contributed by atoms with E-state index in [2.05, 4.69) is 19.2 Å². The third-order valence-electron chi connectivity index (χ3n) is 4.20. The van der Waals surface area contributed by atoms with E-state index in [-0.39, 0.29) is 5.91 Å². The Labute approximate surface area is 115 Å². The number of nitrogens with one attached hydrogen (secondary N) is 1. The van der Waals surface area contributed by atoms with Crippen LogP contribution in [0.3, 0.4) is 0 Å². The number of amides is 1. The average Bonchev–Trinajstić information content (AvgIpc) is 2.39. The number of hydrogen-bond donors (Lipinski definition) is 2. The number of carbonyl (C=O) groups excluding carboxylic acids is 1. The summed E-state index contributed by atoms with van der Waals surface area (Å²) in [6.45, 7) is 4.58. The third kappa shape index (κ3) is 3.72. The van der Waals surface area contributed by atoms with Crippen molar-refractivity contribution < 1.29 is 4.79 Å². The van der Waals surface area contributed by atoms with Gasteiger partial charge in [-0.3, -0.25) is 4.79 Å². The van der Waals surface area contributed by atoms with Crippen LogP contribution in [0.2, 0.25) is 0 Å². The maximum Gasteiger partial charge on any atom is 0.251 e. The van der Waals surface area contributed by atoms with E-state index in [1.165, 1.54) is 12.8 Å². The fraction of sp³-hybridized carbons (Fsp3) is 0.562. The molecule has 1 fully saturated rings. The van der Waals surface area contributed by atoms with Gasteiger partial charge in [0.15, 0.2) is 0 Å². The first-order valence-corrected chi connectivity index (χ1v) is 7.22. The fourth-order valence-electron chi connectivity index (χ4n) is 2.88. The molecule has 0 heterocycles. The van der Waals surface area contributed by atoms with Crippen LogP contribution in [0.4, 0.5) is 5.69 Å². The molecule has 19 heavy (non-hydrogen) atoms.